The van der Waals surface area contributed by atoms with Gasteiger partial charge in [-0.1, -0.05) is 48.5 Å². The fourth-order valence-corrected chi connectivity index (χ4v) is 4.58. The molecule has 5 nitrogen and oxygen atoms in total. The van der Waals surface area contributed by atoms with E-state index in [9.17, 15) is 4.79 Å². The van der Waals surface area contributed by atoms with Crippen LogP contribution in [-0.2, 0) is 6.54 Å². The van der Waals surface area contributed by atoms with E-state index in [2.05, 4.69) is 39.6 Å². The number of likely N-dealkylation sites (tertiary alicyclic amines) is 1. The highest BCUT2D eigenvalue weighted by Gasteiger charge is 2.24. The molecule has 3 rings (SSSR count). The zero-order valence-electron chi connectivity index (χ0n) is 19.2. The van der Waals surface area contributed by atoms with E-state index in [1.807, 2.05) is 44.2 Å². The monoisotopic (exact) mass is 454 g/mol. The SMILES string of the molecule is C=C(Cl)/C=C\CCCn1c(C(=O)NC2CCN(/C(=C/C)C(C)N)CC2)cc2ccccc21. The molecule has 1 fully saturated rings. The third kappa shape index (κ3) is 6.05. The minimum Gasteiger partial charge on any atom is -0.374 e. The van der Waals surface area contributed by atoms with Crippen LogP contribution < -0.4 is 11.1 Å². The number of benzene rings is 1. The predicted molar refractivity (Wildman–Crippen MR) is 135 cm³/mol. The van der Waals surface area contributed by atoms with Crippen molar-refractivity contribution >= 4 is 28.4 Å². The lowest BCUT2D eigenvalue weighted by Gasteiger charge is -2.36. The van der Waals surface area contributed by atoms with E-state index in [0.717, 1.165) is 61.9 Å². The summed E-state index contributed by atoms with van der Waals surface area (Å²) in [6.07, 6.45) is 9.58. The molecular formula is C26H35ClN4O. The van der Waals surface area contributed by atoms with E-state index in [-0.39, 0.29) is 18.0 Å². The number of fused-ring (bicyclic) bond motifs is 1. The van der Waals surface area contributed by atoms with Gasteiger partial charge in [0, 0.05) is 53.4 Å². The van der Waals surface area contributed by atoms with Gasteiger partial charge in [-0.3, -0.25) is 4.79 Å². The number of amides is 1. The number of halogens is 1. The van der Waals surface area contributed by atoms with Crippen LogP contribution in [0.1, 0.15) is 50.0 Å². The van der Waals surface area contributed by atoms with E-state index in [1.165, 1.54) is 5.70 Å². The van der Waals surface area contributed by atoms with E-state index < -0.39 is 0 Å². The number of aryl methyl sites for hydroxylation is 1. The minimum atomic E-state index is 0.00257. The molecule has 0 radical (unpaired) electrons. The number of carbonyl (C=O) groups is 1. The van der Waals surface area contributed by atoms with Crippen molar-refractivity contribution in [3.05, 3.63) is 71.6 Å². The van der Waals surface area contributed by atoms with E-state index in [1.54, 1.807) is 0 Å². The number of piperidine rings is 1. The van der Waals surface area contributed by atoms with Crippen molar-refractivity contribution in [2.75, 3.05) is 13.1 Å². The first-order valence-electron chi connectivity index (χ1n) is 11.5. The van der Waals surface area contributed by atoms with Crippen molar-refractivity contribution in [3.63, 3.8) is 0 Å². The Morgan fingerprint density at radius 2 is 2.06 bits per heavy atom. The molecule has 1 aliphatic rings. The van der Waals surface area contributed by atoms with Gasteiger partial charge < -0.3 is 20.5 Å². The van der Waals surface area contributed by atoms with Gasteiger partial charge in [-0.25, -0.2) is 0 Å². The largest absolute Gasteiger partial charge is 0.374 e. The summed E-state index contributed by atoms with van der Waals surface area (Å²) in [5, 5.41) is 4.90. The summed E-state index contributed by atoms with van der Waals surface area (Å²) in [7, 11) is 0. The average molecular weight is 455 g/mol. The molecule has 6 heteroatoms. The Morgan fingerprint density at radius 3 is 2.72 bits per heavy atom. The zero-order chi connectivity index (χ0) is 23.1. The Labute approximate surface area is 196 Å². The number of hydrogen-bond acceptors (Lipinski definition) is 3. The van der Waals surface area contributed by atoms with Crippen LogP contribution in [0, 0.1) is 0 Å². The Morgan fingerprint density at radius 1 is 1.34 bits per heavy atom. The van der Waals surface area contributed by atoms with Crippen LogP contribution in [0.25, 0.3) is 10.9 Å². The molecule has 1 aromatic heterocycles. The van der Waals surface area contributed by atoms with Gasteiger partial charge in [0.1, 0.15) is 5.69 Å². The first kappa shape index (κ1) is 24.1. The highest BCUT2D eigenvalue weighted by molar-refractivity contribution is 6.30. The van der Waals surface area contributed by atoms with Crippen molar-refractivity contribution in [2.45, 2.75) is 58.2 Å². The van der Waals surface area contributed by atoms with Gasteiger partial charge in [-0.2, -0.15) is 0 Å². The number of hydrogen-bond donors (Lipinski definition) is 2. The van der Waals surface area contributed by atoms with Crippen LogP contribution in [-0.4, -0.2) is 40.5 Å². The molecule has 1 unspecified atom stereocenters. The molecular weight excluding hydrogens is 420 g/mol. The van der Waals surface area contributed by atoms with Gasteiger partial charge in [0.05, 0.1) is 0 Å². The number of aromatic nitrogens is 1. The maximum absolute atomic E-state index is 13.2. The normalized spacial score (nSPS) is 16.6. The summed E-state index contributed by atoms with van der Waals surface area (Å²) in [6.45, 7) is 10.3. The topological polar surface area (TPSA) is 63.3 Å². The molecule has 1 atom stereocenters. The number of nitrogens with two attached hydrogens (primary N) is 1. The highest BCUT2D eigenvalue weighted by atomic mass is 35.5. The van der Waals surface area contributed by atoms with Gasteiger partial charge in [0.15, 0.2) is 0 Å². The number of para-hydroxylation sites is 1. The molecule has 0 bridgehead atoms. The summed E-state index contributed by atoms with van der Waals surface area (Å²) in [5.41, 5.74) is 9.10. The molecule has 1 amide bonds. The third-order valence-corrected chi connectivity index (χ3v) is 6.18. The van der Waals surface area contributed by atoms with Crippen molar-refractivity contribution in [1.29, 1.82) is 0 Å². The van der Waals surface area contributed by atoms with Crippen LogP contribution in [0.5, 0.6) is 0 Å². The molecule has 3 N–H and O–H groups in total. The molecule has 1 aromatic carbocycles. The van der Waals surface area contributed by atoms with Crippen LogP contribution in [0.15, 0.2) is 65.9 Å². The smallest absolute Gasteiger partial charge is 0.268 e. The van der Waals surface area contributed by atoms with Crippen LogP contribution in [0.3, 0.4) is 0 Å². The molecule has 2 aromatic rings. The summed E-state index contributed by atoms with van der Waals surface area (Å²) < 4.78 is 2.14. The van der Waals surface area contributed by atoms with Gasteiger partial charge in [-0.15, -0.1) is 0 Å². The lowest BCUT2D eigenvalue weighted by atomic mass is 10.0. The quantitative estimate of drug-likeness (QED) is 0.405. The third-order valence-electron chi connectivity index (χ3n) is 6.05. The molecule has 0 saturated carbocycles. The second-order valence-corrected chi connectivity index (χ2v) is 8.95. The lowest BCUT2D eigenvalue weighted by Crippen LogP contribution is -2.46. The second kappa shape index (κ2) is 11.4. The van der Waals surface area contributed by atoms with Crippen LogP contribution >= 0.6 is 11.6 Å². The number of nitrogens with one attached hydrogen (secondary N) is 1. The van der Waals surface area contributed by atoms with E-state index in [4.69, 9.17) is 17.3 Å². The summed E-state index contributed by atoms with van der Waals surface area (Å²) in [4.78, 5) is 15.6. The maximum atomic E-state index is 13.2. The Hall–Kier alpha value is -2.50. The van der Waals surface area contributed by atoms with Crippen molar-refractivity contribution in [1.82, 2.24) is 14.8 Å². The number of nitrogens with zero attached hydrogens (tertiary/aromatic N) is 2. The fourth-order valence-electron chi connectivity index (χ4n) is 4.49. The summed E-state index contributed by atoms with van der Waals surface area (Å²) >= 11 is 5.79. The first-order valence-corrected chi connectivity index (χ1v) is 11.8. The summed E-state index contributed by atoms with van der Waals surface area (Å²) in [5.74, 6) is 0.00257. The number of carbonyl (C=O) groups excluding carboxylic acids is 1. The molecule has 32 heavy (non-hydrogen) atoms. The van der Waals surface area contributed by atoms with Crippen LogP contribution in [0.2, 0.25) is 0 Å². The predicted octanol–water partition coefficient (Wildman–Crippen LogP) is 5.18. The maximum Gasteiger partial charge on any atom is 0.268 e. The van der Waals surface area contributed by atoms with Crippen molar-refractivity contribution in [3.8, 4) is 0 Å². The average Bonchev–Trinajstić information content (AvgIpc) is 3.13. The standard InChI is InChI=1S/C26H35ClN4O/c1-4-23(20(3)28)30-16-13-22(14-17-30)29-26(32)25-18-21-11-7-8-12-24(21)31(25)15-9-5-6-10-19(2)27/h4,6-8,10-12,18,20,22H,2,5,9,13-17,28H2,1,3H3,(H,29,32)/b10-6-,23-4+. The second-order valence-electron chi connectivity index (χ2n) is 8.47. The molecule has 1 saturated heterocycles. The molecule has 172 valence electrons. The van der Waals surface area contributed by atoms with Gasteiger partial charge >= 0.3 is 0 Å². The highest BCUT2D eigenvalue weighted by Crippen LogP contribution is 2.22. The molecule has 0 spiro atoms. The fraction of sp³-hybridized carbons (Fsp3) is 0.423. The Bertz CT molecular complexity index is 996. The van der Waals surface area contributed by atoms with Gasteiger partial charge in [-0.05, 0) is 57.7 Å². The van der Waals surface area contributed by atoms with Gasteiger partial charge in [0.2, 0.25) is 0 Å². The molecule has 2 heterocycles. The Balaban J connectivity index is 1.67. The molecule has 0 aliphatic carbocycles. The lowest BCUT2D eigenvalue weighted by molar-refractivity contribution is 0.0908. The number of unbranched alkanes of at least 4 members (excludes halogenated alkanes) is 1. The van der Waals surface area contributed by atoms with Gasteiger partial charge in [0.25, 0.3) is 5.91 Å². The number of rotatable bonds is 9. The van der Waals surface area contributed by atoms with Crippen LogP contribution in [0.4, 0.5) is 0 Å². The van der Waals surface area contributed by atoms with Crippen molar-refractivity contribution < 1.29 is 4.79 Å². The minimum absolute atomic E-state index is 0.00257. The number of allylic oxidation sites excluding steroid dienone is 4. The molecule has 1 aliphatic heterocycles. The summed E-state index contributed by atoms with van der Waals surface area (Å²) in [6, 6.07) is 10.4. The van der Waals surface area contributed by atoms with E-state index in [0.29, 0.717) is 5.03 Å². The van der Waals surface area contributed by atoms with Crippen molar-refractivity contribution in [2.24, 2.45) is 5.73 Å². The zero-order valence-corrected chi connectivity index (χ0v) is 19.9. The first-order chi connectivity index (χ1) is 15.4. The Kier molecular flexibility index (Phi) is 8.60. The van der Waals surface area contributed by atoms with E-state index >= 15 is 0 Å².